The Bertz CT molecular complexity index is 638. The van der Waals surface area contributed by atoms with Crippen LogP contribution in [0.25, 0.3) is 0 Å². The van der Waals surface area contributed by atoms with Crippen molar-refractivity contribution in [2.24, 2.45) is 16.8 Å². The zero-order chi connectivity index (χ0) is 18.7. The first kappa shape index (κ1) is 19.2. The Hall–Kier alpha value is -1.56. The molecule has 0 aliphatic heterocycles. The van der Waals surface area contributed by atoms with Crippen LogP contribution in [0.2, 0.25) is 0 Å². The van der Waals surface area contributed by atoms with Crippen molar-refractivity contribution >= 4 is 23.2 Å². The lowest BCUT2D eigenvalue weighted by Crippen LogP contribution is -2.49. The van der Waals surface area contributed by atoms with Gasteiger partial charge in [-0.05, 0) is 42.5 Å². The molecule has 2 saturated carbocycles. The summed E-state index contributed by atoms with van der Waals surface area (Å²) in [6.07, 6.45) is 5.30. The van der Waals surface area contributed by atoms with Crippen LogP contribution in [-0.2, 0) is 10.2 Å². The van der Waals surface area contributed by atoms with Crippen LogP contribution in [0.5, 0.6) is 0 Å². The van der Waals surface area contributed by atoms with E-state index in [1.165, 1.54) is 30.6 Å². The number of thiophene rings is 1. The molecule has 3 rings (SSSR count). The summed E-state index contributed by atoms with van der Waals surface area (Å²) in [6.45, 7) is 5.46. The van der Waals surface area contributed by atoms with Gasteiger partial charge in [0.1, 0.15) is 6.54 Å². The topological polar surface area (TPSA) is 56.7 Å². The Kier molecular flexibility index (Phi) is 5.90. The third-order valence-electron chi connectivity index (χ3n) is 5.82. The monoisotopic (exact) mass is 376 g/mol. The van der Waals surface area contributed by atoms with Crippen LogP contribution in [0.3, 0.4) is 0 Å². The number of nitrogens with zero attached hydrogens (tertiary/aromatic N) is 2. The summed E-state index contributed by atoms with van der Waals surface area (Å²) in [5, 5.41) is 9.26. The van der Waals surface area contributed by atoms with Crippen LogP contribution in [0.15, 0.2) is 22.5 Å². The maximum atomic E-state index is 12.0. The Morgan fingerprint density at radius 2 is 2.15 bits per heavy atom. The van der Waals surface area contributed by atoms with Crippen LogP contribution < -0.4 is 10.6 Å². The first-order valence-electron chi connectivity index (χ1n) is 9.64. The first-order valence-corrected chi connectivity index (χ1v) is 10.5. The second-order valence-electron chi connectivity index (χ2n) is 8.59. The van der Waals surface area contributed by atoms with Crippen molar-refractivity contribution in [2.75, 3.05) is 27.2 Å². The Morgan fingerprint density at radius 1 is 1.35 bits per heavy atom. The fourth-order valence-electron chi connectivity index (χ4n) is 4.09. The molecule has 2 aliphatic carbocycles. The van der Waals surface area contributed by atoms with Gasteiger partial charge in [-0.15, -0.1) is 11.3 Å². The molecule has 26 heavy (non-hydrogen) atoms. The fraction of sp³-hybridized carbons (Fsp3) is 0.700. The Morgan fingerprint density at radius 3 is 2.73 bits per heavy atom. The molecule has 0 saturated heterocycles. The van der Waals surface area contributed by atoms with Gasteiger partial charge in [0, 0.05) is 37.0 Å². The van der Waals surface area contributed by atoms with Crippen LogP contribution in [0.4, 0.5) is 0 Å². The van der Waals surface area contributed by atoms with Crippen LogP contribution >= 0.6 is 11.3 Å². The van der Waals surface area contributed by atoms with Crippen molar-refractivity contribution in [1.29, 1.82) is 0 Å². The maximum absolute atomic E-state index is 12.0. The highest BCUT2D eigenvalue weighted by atomic mass is 32.1. The Labute approximate surface area is 161 Å². The van der Waals surface area contributed by atoms with Crippen molar-refractivity contribution in [1.82, 2.24) is 15.5 Å². The van der Waals surface area contributed by atoms with Crippen molar-refractivity contribution in [3.05, 3.63) is 22.4 Å². The zero-order valence-electron chi connectivity index (χ0n) is 16.4. The third kappa shape index (κ3) is 4.58. The largest absolute Gasteiger partial charge is 0.355 e. The number of amides is 1. The SMILES string of the molecule is CN(C)C(=O)CN=C(NCC(C)(C)c1cccs1)NC1CC2CCC1C2. The van der Waals surface area contributed by atoms with Gasteiger partial charge in [-0.25, -0.2) is 4.99 Å². The molecule has 3 atom stereocenters. The summed E-state index contributed by atoms with van der Waals surface area (Å²) in [6, 6.07) is 4.78. The molecule has 2 aliphatic rings. The highest BCUT2D eigenvalue weighted by Gasteiger charge is 2.40. The third-order valence-corrected chi connectivity index (χ3v) is 7.05. The predicted molar refractivity (Wildman–Crippen MR) is 109 cm³/mol. The quantitative estimate of drug-likeness (QED) is 0.593. The first-order chi connectivity index (χ1) is 12.3. The lowest BCUT2D eigenvalue weighted by Gasteiger charge is -2.28. The normalized spacial score (nSPS) is 25.4. The molecule has 0 aromatic carbocycles. The molecule has 1 heterocycles. The molecule has 0 spiro atoms. The van der Waals surface area contributed by atoms with Crippen molar-refractivity contribution in [3.63, 3.8) is 0 Å². The summed E-state index contributed by atoms with van der Waals surface area (Å²) in [5.74, 6) is 2.45. The van der Waals surface area contributed by atoms with E-state index in [9.17, 15) is 4.79 Å². The number of nitrogens with one attached hydrogen (secondary N) is 2. The van der Waals surface area contributed by atoms with E-state index in [1.54, 1.807) is 30.3 Å². The van der Waals surface area contributed by atoms with Crippen LogP contribution in [0, 0.1) is 11.8 Å². The average Bonchev–Trinajstić information content (AvgIpc) is 3.34. The molecule has 0 radical (unpaired) electrons. The standard InChI is InChI=1S/C20H32N4OS/c1-20(2,17-6-5-9-26-17)13-22-19(21-12-18(25)24(3)4)23-16-11-14-7-8-15(16)10-14/h5-6,9,14-16H,7-8,10-13H2,1-4H3,(H2,21,22,23). The molecule has 6 heteroatoms. The molecule has 1 aromatic heterocycles. The highest BCUT2D eigenvalue weighted by Crippen LogP contribution is 2.44. The second-order valence-corrected chi connectivity index (χ2v) is 9.54. The van der Waals surface area contributed by atoms with Gasteiger partial charge in [-0.1, -0.05) is 26.3 Å². The number of hydrogen-bond donors (Lipinski definition) is 2. The maximum Gasteiger partial charge on any atom is 0.243 e. The fourth-order valence-corrected chi connectivity index (χ4v) is 4.95. The van der Waals surface area contributed by atoms with E-state index in [0.717, 1.165) is 24.3 Å². The van der Waals surface area contributed by atoms with E-state index < -0.39 is 0 Å². The van der Waals surface area contributed by atoms with Crippen molar-refractivity contribution in [2.45, 2.75) is 51.0 Å². The lowest BCUT2D eigenvalue weighted by molar-refractivity contribution is -0.127. The number of carbonyl (C=O) groups excluding carboxylic acids is 1. The summed E-state index contributed by atoms with van der Waals surface area (Å²) >= 11 is 1.79. The minimum Gasteiger partial charge on any atom is -0.355 e. The summed E-state index contributed by atoms with van der Waals surface area (Å²) < 4.78 is 0. The second kappa shape index (κ2) is 7.99. The van der Waals surface area contributed by atoms with Gasteiger partial charge in [-0.3, -0.25) is 4.79 Å². The molecule has 2 fully saturated rings. The van der Waals surface area contributed by atoms with E-state index in [0.29, 0.717) is 6.04 Å². The van der Waals surface area contributed by atoms with Crippen LogP contribution in [-0.4, -0.2) is 50.0 Å². The number of carbonyl (C=O) groups is 1. The molecule has 2 N–H and O–H groups in total. The number of guanidine groups is 1. The number of aliphatic imine (C=N–C) groups is 1. The molecular formula is C20H32N4OS. The molecule has 1 amide bonds. The van der Waals surface area contributed by atoms with E-state index in [1.807, 2.05) is 0 Å². The van der Waals surface area contributed by atoms with Gasteiger partial charge in [0.2, 0.25) is 5.91 Å². The van der Waals surface area contributed by atoms with Crippen LogP contribution in [0.1, 0.15) is 44.4 Å². The minimum absolute atomic E-state index is 0.0246. The van der Waals surface area contributed by atoms with E-state index in [4.69, 9.17) is 0 Å². The molecule has 3 unspecified atom stereocenters. The van der Waals surface area contributed by atoms with Gasteiger partial charge in [-0.2, -0.15) is 0 Å². The van der Waals surface area contributed by atoms with E-state index >= 15 is 0 Å². The minimum atomic E-state index is 0.0246. The Balaban J connectivity index is 1.64. The summed E-state index contributed by atoms with van der Waals surface area (Å²) in [5.41, 5.74) is 0.0247. The predicted octanol–water partition coefficient (Wildman–Crippen LogP) is 2.84. The molecule has 2 bridgehead atoms. The number of rotatable bonds is 6. The smallest absolute Gasteiger partial charge is 0.243 e. The lowest BCUT2D eigenvalue weighted by atomic mass is 9.91. The number of fused-ring (bicyclic) bond motifs is 2. The van der Waals surface area contributed by atoms with Gasteiger partial charge >= 0.3 is 0 Å². The summed E-state index contributed by atoms with van der Waals surface area (Å²) in [4.78, 5) is 19.5. The number of likely N-dealkylation sites (N-methyl/N-ethyl adjacent to an activating group) is 1. The zero-order valence-corrected chi connectivity index (χ0v) is 17.2. The molecular weight excluding hydrogens is 344 g/mol. The van der Waals surface area contributed by atoms with Crippen molar-refractivity contribution in [3.8, 4) is 0 Å². The van der Waals surface area contributed by atoms with Crippen molar-refractivity contribution < 1.29 is 4.79 Å². The highest BCUT2D eigenvalue weighted by molar-refractivity contribution is 7.10. The summed E-state index contributed by atoms with van der Waals surface area (Å²) in [7, 11) is 3.54. The molecule has 144 valence electrons. The average molecular weight is 377 g/mol. The molecule has 5 nitrogen and oxygen atoms in total. The van der Waals surface area contributed by atoms with Gasteiger partial charge in [0.15, 0.2) is 5.96 Å². The van der Waals surface area contributed by atoms with E-state index in [-0.39, 0.29) is 17.9 Å². The van der Waals surface area contributed by atoms with Gasteiger partial charge in [0.05, 0.1) is 0 Å². The van der Waals surface area contributed by atoms with Gasteiger partial charge in [0.25, 0.3) is 0 Å². The van der Waals surface area contributed by atoms with Gasteiger partial charge < -0.3 is 15.5 Å². The van der Waals surface area contributed by atoms with E-state index in [2.05, 4.69) is 47.0 Å². The molecule has 1 aromatic rings. The number of hydrogen-bond acceptors (Lipinski definition) is 3.